The molecule has 0 bridgehead atoms. The molecule has 3 aromatic heterocycles. The van der Waals surface area contributed by atoms with Crippen LogP contribution in [0.1, 0.15) is 44.0 Å². The zero-order valence-electron chi connectivity index (χ0n) is 34.2. The summed E-state index contributed by atoms with van der Waals surface area (Å²) >= 11 is 7.19. The van der Waals surface area contributed by atoms with E-state index >= 15 is 0 Å². The smallest absolute Gasteiger partial charge is 0.299 e. The zero-order valence-corrected chi connectivity index (χ0v) is 32.8. The summed E-state index contributed by atoms with van der Waals surface area (Å²) in [4.78, 5) is 59.9. The first-order chi connectivity index (χ1) is 28.9. The number of carbonyl (C=O) groups excluding carboxylic acids is 2. The molecule has 0 aliphatic carbocycles. The summed E-state index contributed by atoms with van der Waals surface area (Å²) in [7, 11) is 0. The van der Waals surface area contributed by atoms with Crippen molar-refractivity contribution < 1.29 is 23.2 Å². The second kappa shape index (κ2) is 16.3. The molecular formula is C41H40ClN9O5S. The minimum Gasteiger partial charge on any atom is -0.493 e. The Morgan fingerprint density at radius 3 is 2.65 bits per heavy atom. The van der Waals surface area contributed by atoms with E-state index in [9.17, 15) is 14.4 Å². The van der Waals surface area contributed by atoms with Gasteiger partial charge < -0.3 is 29.2 Å². The van der Waals surface area contributed by atoms with Crippen LogP contribution in [0.15, 0.2) is 82.7 Å². The average molecular weight is 809 g/mol. The number of thioether (sulfide) groups is 1. The highest BCUT2D eigenvalue weighted by atomic mass is 35.5. The number of carbonyl (C=O) groups is 2. The summed E-state index contributed by atoms with van der Waals surface area (Å²) in [6.07, 6.45) is 0.179. The first-order valence-electron chi connectivity index (χ1n) is 20.0. The summed E-state index contributed by atoms with van der Waals surface area (Å²) in [6, 6.07) is 19.9. The molecule has 2 aliphatic rings. The van der Waals surface area contributed by atoms with E-state index in [0.717, 1.165) is 23.3 Å². The van der Waals surface area contributed by atoms with Gasteiger partial charge in [-0.1, -0.05) is 48.9 Å². The second-order valence-electron chi connectivity index (χ2n) is 13.6. The normalized spacial score (nSPS) is 14.8. The molecule has 14 nitrogen and oxygen atoms in total. The summed E-state index contributed by atoms with van der Waals surface area (Å²) in [6.45, 7) is 5.38. The Hall–Kier alpha value is -5.93. The highest BCUT2D eigenvalue weighted by molar-refractivity contribution is 7.98. The standard InChI is InChI=1S/C41H40ClN9O5S/c1-4-32-36(48-15-17-49(18-16-48)39(53)35-37(25(2)43-24-44-35)56-23-26-8-6-5-7-9-26)40(54)51-41(46-38(47-51)28-10-13-33-27(20-28)14-19-55-33)50(32)22-34(52)45-31-12-11-29(57-3)21-30(31)42/h5-13,20-21,24H,4,14-19,22-23H2,1-3H3,(H,45,52)/i3D3. The lowest BCUT2D eigenvalue weighted by molar-refractivity contribution is -0.116. The number of nitrogens with one attached hydrogen (secondary N) is 1. The Bertz CT molecular complexity index is 2670. The number of piperazine rings is 1. The number of fused-ring (bicyclic) bond motifs is 2. The van der Waals surface area contributed by atoms with Crippen molar-refractivity contribution in [3.63, 3.8) is 0 Å². The molecule has 0 saturated carbocycles. The Kier molecular flexibility index (Phi) is 9.80. The van der Waals surface area contributed by atoms with Gasteiger partial charge in [0.2, 0.25) is 11.7 Å². The van der Waals surface area contributed by atoms with Crippen LogP contribution in [0.2, 0.25) is 5.02 Å². The van der Waals surface area contributed by atoms with E-state index in [0.29, 0.717) is 82.7 Å². The third kappa shape index (κ3) is 7.64. The third-order valence-corrected chi connectivity index (χ3v) is 10.8. The number of halogens is 1. The Balaban J connectivity index is 1.09. The van der Waals surface area contributed by atoms with Crippen molar-refractivity contribution in [1.82, 2.24) is 34.0 Å². The Morgan fingerprint density at radius 2 is 1.88 bits per heavy atom. The van der Waals surface area contributed by atoms with Crippen molar-refractivity contribution in [2.24, 2.45) is 0 Å². The molecule has 2 amide bonds. The number of benzene rings is 3. The Morgan fingerprint density at radius 1 is 1.05 bits per heavy atom. The van der Waals surface area contributed by atoms with Gasteiger partial charge in [0.1, 0.15) is 30.9 Å². The van der Waals surface area contributed by atoms with Crippen molar-refractivity contribution in [2.45, 2.75) is 44.7 Å². The molecule has 0 unspecified atom stereocenters. The van der Waals surface area contributed by atoms with Crippen LogP contribution in [-0.4, -0.2) is 84.8 Å². The zero-order chi connectivity index (χ0) is 42.1. The van der Waals surface area contributed by atoms with Gasteiger partial charge in [-0.05, 0) is 67.1 Å². The summed E-state index contributed by atoms with van der Waals surface area (Å²) in [5.41, 5.74) is 4.13. The van der Waals surface area contributed by atoms with Gasteiger partial charge in [0, 0.05) is 47.2 Å². The highest BCUT2D eigenvalue weighted by Gasteiger charge is 2.31. The van der Waals surface area contributed by atoms with Gasteiger partial charge in [0.05, 0.1) is 28.7 Å². The van der Waals surface area contributed by atoms with E-state index in [1.165, 1.54) is 16.9 Å². The van der Waals surface area contributed by atoms with Gasteiger partial charge in [-0.15, -0.1) is 16.9 Å². The van der Waals surface area contributed by atoms with Gasteiger partial charge in [0.25, 0.3) is 11.5 Å². The minimum atomic E-state index is -2.26. The molecule has 16 heteroatoms. The predicted molar refractivity (Wildman–Crippen MR) is 219 cm³/mol. The van der Waals surface area contributed by atoms with Crippen LogP contribution in [0, 0.1) is 6.92 Å². The van der Waals surface area contributed by atoms with Gasteiger partial charge >= 0.3 is 0 Å². The minimum absolute atomic E-state index is 0.162. The van der Waals surface area contributed by atoms with Crippen LogP contribution in [0.4, 0.5) is 11.4 Å². The molecule has 0 radical (unpaired) electrons. The summed E-state index contributed by atoms with van der Waals surface area (Å²) in [5, 5.41) is 7.70. The maximum atomic E-state index is 14.6. The molecule has 1 saturated heterocycles. The lowest BCUT2D eigenvalue weighted by Crippen LogP contribution is -2.51. The molecule has 0 atom stereocenters. The maximum absolute atomic E-state index is 14.6. The van der Waals surface area contributed by atoms with Crippen molar-refractivity contribution in [1.29, 1.82) is 0 Å². The van der Waals surface area contributed by atoms with E-state index in [2.05, 4.69) is 15.3 Å². The van der Waals surface area contributed by atoms with E-state index in [1.807, 2.05) is 60.4 Å². The fraction of sp³-hybridized carbons (Fsp3) is 0.293. The van der Waals surface area contributed by atoms with Gasteiger partial charge in [0.15, 0.2) is 17.3 Å². The largest absolute Gasteiger partial charge is 0.493 e. The first kappa shape index (κ1) is 34.3. The monoisotopic (exact) mass is 808 g/mol. The first-order valence-corrected chi connectivity index (χ1v) is 19.7. The van der Waals surface area contributed by atoms with Gasteiger partial charge in [-0.2, -0.15) is 9.50 Å². The topological polar surface area (TPSA) is 149 Å². The summed E-state index contributed by atoms with van der Waals surface area (Å²) < 4.78 is 37.4. The van der Waals surface area contributed by atoms with Crippen molar-refractivity contribution in [3.05, 3.63) is 117 Å². The molecule has 6 aromatic rings. The average Bonchev–Trinajstić information content (AvgIpc) is 3.90. The molecule has 1 fully saturated rings. The van der Waals surface area contributed by atoms with E-state index < -0.39 is 17.7 Å². The fourth-order valence-electron chi connectivity index (χ4n) is 7.17. The number of hydrogen-bond acceptors (Lipinski definition) is 11. The van der Waals surface area contributed by atoms with Crippen LogP contribution >= 0.6 is 23.4 Å². The van der Waals surface area contributed by atoms with Crippen LogP contribution in [-0.2, 0) is 30.8 Å². The van der Waals surface area contributed by atoms with Crippen LogP contribution in [0.25, 0.3) is 17.2 Å². The van der Waals surface area contributed by atoms with Crippen molar-refractivity contribution >= 4 is 52.3 Å². The fourth-order valence-corrected chi connectivity index (χ4v) is 7.78. The van der Waals surface area contributed by atoms with Gasteiger partial charge in [-0.3, -0.25) is 14.4 Å². The molecular weight excluding hydrogens is 766 g/mol. The van der Waals surface area contributed by atoms with Gasteiger partial charge in [-0.25, -0.2) is 9.97 Å². The molecule has 0 spiro atoms. The number of anilines is 2. The van der Waals surface area contributed by atoms with Crippen LogP contribution in [0.5, 0.6) is 11.5 Å². The quantitative estimate of drug-likeness (QED) is 0.161. The Labute approximate surface area is 342 Å². The second-order valence-corrected chi connectivity index (χ2v) is 14.7. The van der Waals surface area contributed by atoms with E-state index in [1.54, 1.807) is 28.5 Å². The lowest BCUT2D eigenvalue weighted by Gasteiger charge is -2.36. The number of aromatic nitrogens is 6. The molecule has 8 rings (SSSR count). The summed E-state index contributed by atoms with van der Waals surface area (Å²) in [5.74, 6) is 0.822. The third-order valence-electron chi connectivity index (χ3n) is 10.0. The molecule has 5 heterocycles. The number of rotatable bonds is 11. The number of ether oxygens (including phenoxy) is 2. The highest BCUT2D eigenvalue weighted by Crippen LogP contribution is 2.31. The molecule has 57 heavy (non-hydrogen) atoms. The number of aryl methyl sites for hydroxylation is 1. The van der Waals surface area contributed by atoms with Crippen molar-refractivity contribution in [2.75, 3.05) is 49.2 Å². The van der Waals surface area contributed by atoms with Crippen LogP contribution in [0.3, 0.4) is 0 Å². The predicted octanol–water partition coefficient (Wildman–Crippen LogP) is 5.71. The number of amides is 2. The maximum Gasteiger partial charge on any atom is 0.299 e. The van der Waals surface area contributed by atoms with E-state index in [4.69, 9.17) is 35.3 Å². The molecule has 1 N–H and O–H groups in total. The van der Waals surface area contributed by atoms with E-state index in [-0.39, 0.29) is 48.6 Å². The SMILES string of the molecule is [2H]C([2H])([2H])Sc1ccc(NC(=O)Cn2c(CC)c(N3CCN(C(=O)c4ncnc(C)c4OCc4ccccc4)CC3)c(=O)n3nc(-c4ccc5c(c4)CCO5)nc23)c(Cl)c1. The molecule has 292 valence electrons. The lowest BCUT2D eigenvalue weighted by atomic mass is 10.1. The molecule has 2 aliphatic heterocycles. The van der Waals surface area contributed by atoms with Crippen LogP contribution < -0.4 is 25.2 Å². The van der Waals surface area contributed by atoms with Crippen molar-refractivity contribution in [3.8, 4) is 22.9 Å². The number of hydrogen-bond donors (Lipinski definition) is 1. The number of nitrogens with zero attached hydrogens (tertiary/aromatic N) is 8. The molecule has 3 aromatic carbocycles.